The van der Waals surface area contributed by atoms with Gasteiger partial charge in [0.1, 0.15) is 0 Å². The normalized spacial score (nSPS) is 30.4. The smallest absolute Gasteiger partial charge is 0.303 e. The van der Waals surface area contributed by atoms with Crippen LogP contribution in [0.25, 0.3) is 0 Å². The van der Waals surface area contributed by atoms with Crippen LogP contribution in [0.3, 0.4) is 0 Å². The van der Waals surface area contributed by atoms with E-state index in [4.69, 9.17) is 5.11 Å². The summed E-state index contributed by atoms with van der Waals surface area (Å²) < 4.78 is 0. The average molecular weight is 240 g/mol. The van der Waals surface area contributed by atoms with Crippen LogP contribution in [0.2, 0.25) is 0 Å². The third-order valence-corrected chi connectivity index (χ3v) is 4.27. The third-order valence-electron chi connectivity index (χ3n) is 4.27. The monoisotopic (exact) mass is 240 g/mol. The number of carboxylic acids is 1. The van der Waals surface area contributed by atoms with Crippen LogP contribution in [-0.4, -0.2) is 59.1 Å². The van der Waals surface area contributed by atoms with Crippen LogP contribution < -0.4 is 0 Å². The van der Waals surface area contributed by atoms with E-state index in [1.807, 2.05) is 0 Å². The van der Waals surface area contributed by atoms with Crippen LogP contribution in [0.15, 0.2) is 0 Å². The maximum Gasteiger partial charge on any atom is 0.303 e. The van der Waals surface area contributed by atoms with Crippen molar-refractivity contribution in [1.29, 1.82) is 0 Å². The van der Waals surface area contributed by atoms with Crippen molar-refractivity contribution in [2.45, 2.75) is 51.1 Å². The van der Waals surface area contributed by atoms with Gasteiger partial charge in [-0.3, -0.25) is 9.69 Å². The quantitative estimate of drug-likeness (QED) is 0.789. The standard InChI is InChI=1S/C13H24N2O2/c1-2-14-9-7-11-5-6-12(10-14)15(11)8-3-4-13(16)17/h11-12H,2-10H2,1H3,(H,16,17). The minimum absolute atomic E-state index is 0.313. The lowest BCUT2D eigenvalue weighted by atomic mass is 10.1. The Hall–Kier alpha value is -0.610. The summed E-state index contributed by atoms with van der Waals surface area (Å²) in [6.45, 7) is 6.74. The van der Waals surface area contributed by atoms with Gasteiger partial charge < -0.3 is 10.0 Å². The van der Waals surface area contributed by atoms with Crippen molar-refractivity contribution >= 4 is 5.97 Å². The van der Waals surface area contributed by atoms with Crippen molar-refractivity contribution in [3.63, 3.8) is 0 Å². The molecule has 2 bridgehead atoms. The Labute approximate surface area is 104 Å². The molecular formula is C13H24N2O2. The molecule has 98 valence electrons. The molecular weight excluding hydrogens is 216 g/mol. The number of likely N-dealkylation sites (N-methyl/N-ethyl adjacent to an activating group) is 1. The van der Waals surface area contributed by atoms with E-state index in [1.165, 1.54) is 32.4 Å². The van der Waals surface area contributed by atoms with E-state index in [0.29, 0.717) is 18.5 Å². The number of carbonyl (C=O) groups is 1. The SMILES string of the molecule is CCN1CCC2CCC(C1)N2CCCC(=O)O. The summed E-state index contributed by atoms with van der Waals surface area (Å²) >= 11 is 0. The predicted molar refractivity (Wildman–Crippen MR) is 67.1 cm³/mol. The molecule has 2 atom stereocenters. The maximum absolute atomic E-state index is 10.6. The molecule has 2 aliphatic heterocycles. The minimum atomic E-state index is -0.664. The molecule has 2 unspecified atom stereocenters. The summed E-state index contributed by atoms with van der Waals surface area (Å²) in [6, 6.07) is 1.39. The maximum atomic E-state index is 10.6. The van der Waals surface area contributed by atoms with E-state index in [1.54, 1.807) is 0 Å². The van der Waals surface area contributed by atoms with E-state index in [2.05, 4.69) is 16.7 Å². The lowest BCUT2D eigenvalue weighted by Gasteiger charge is -2.28. The summed E-state index contributed by atoms with van der Waals surface area (Å²) in [5, 5.41) is 8.70. The summed E-state index contributed by atoms with van der Waals surface area (Å²) in [5.74, 6) is -0.664. The topological polar surface area (TPSA) is 43.8 Å². The number of hydrogen-bond acceptors (Lipinski definition) is 3. The Morgan fingerprint density at radius 2 is 2.06 bits per heavy atom. The predicted octanol–water partition coefficient (Wildman–Crippen LogP) is 1.41. The molecule has 0 radical (unpaired) electrons. The summed E-state index contributed by atoms with van der Waals surface area (Å²) in [4.78, 5) is 15.7. The van der Waals surface area contributed by atoms with Crippen molar-refractivity contribution in [2.24, 2.45) is 0 Å². The van der Waals surface area contributed by atoms with Gasteiger partial charge in [0.15, 0.2) is 0 Å². The second-order valence-electron chi connectivity index (χ2n) is 5.30. The molecule has 0 aliphatic carbocycles. The Balaban J connectivity index is 1.86. The molecule has 0 saturated carbocycles. The van der Waals surface area contributed by atoms with Crippen LogP contribution in [0.5, 0.6) is 0 Å². The largest absolute Gasteiger partial charge is 0.481 e. The molecule has 2 fully saturated rings. The van der Waals surface area contributed by atoms with Crippen LogP contribution in [0, 0.1) is 0 Å². The highest BCUT2D eigenvalue weighted by molar-refractivity contribution is 5.66. The first-order chi connectivity index (χ1) is 8.20. The molecule has 4 heteroatoms. The highest BCUT2D eigenvalue weighted by atomic mass is 16.4. The van der Waals surface area contributed by atoms with Crippen molar-refractivity contribution < 1.29 is 9.90 Å². The molecule has 0 aromatic rings. The van der Waals surface area contributed by atoms with Crippen molar-refractivity contribution in [2.75, 3.05) is 26.2 Å². The van der Waals surface area contributed by atoms with Crippen LogP contribution in [0.1, 0.15) is 39.0 Å². The molecule has 2 heterocycles. The van der Waals surface area contributed by atoms with E-state index in [9.17, 15) is 4.79 Å². The number of fused-ring (bicyclic) bond motifs is 2. The Morgan fingerprint density at radius 1 is 1.29 bits per heavy atom. The fraction of sp³-hybridized carbons (Fsp3) is 0.923. The van der Waals surface area contributed by atoms with Crippen molar-refractivity contribution in [1.82, 2.24) is 9.80 Å². The number of nitrogens with zero attached hydrogens (tertiary/aromatic N) is 2. The van der Waals surface area contributed by atoms with Gasteiger partial charge in [0.2, 0.25) is 0 Å². The lowest BCUT2D eigenvalue weighted by molar-refractivity contribution is -0.137. The van der Waals surface area contributed by atoms with Gasteiger partial charge in [-0.25, -0.2) is 0 Å². The Morgan fingerprint density at radius 3 is 2.76 bits per heavy atom. The third kappa shape index (κ3) is 3.19. The van der Waals surface area contributed by atoms with Crippen LogP contribution in [0.4, 0.5) is 0 Å². The van der Waals surface area contributed by atoms with Crippen LogP contribution >= 0.6 is 0 Å². The second kappa shape index (κ2) is 5.83. The lowest BCUT2D eigenvalue weighted by Crippen LogP contribution is -2.39. The van der Waals surface area contributed by atoms with Gasteiger partial charge in [-0.15, -0.1) is 0 Å². The fourth-order valence-electron chi connectivity index (χ4n) is 3.31. The summed E-state index contributed by atoms with van der Waals surface area (Å²) in [5.41, 5.74) is 0. The number of rotatable bonds is 5. The minimum Gasteiger partial charge on any atom is -0.481 e. The molecule has 2 rings (SSSR count). The number of likely N-dealkylation sites (tertiary alicyclic amines) is 1. The Bertz CT molecular complexity index is 270. The van der Waals surface area contributed by atoms with Gasteiger partial charge in [-0.05, 0) is 45.3 Å². The molecule has 0 aromatic carbocycles. The molecule has 4 nitrogen and oxygen atoms in total. The number of aliphatic carboxylic acids is 1. The highest BCUT2D eigenvalue weighted by Gasteiger charge is 2.36. The van der Waals surface area contributed by atoms with E-state index < -0.39 is 5.97 Å². The first kappa shape index (κ1) is 12.8. The molecule has 0 aromatic heterocycles. The number of carboxylic acid groups (broad SMARTS) is 1. The van der Waals surface area contributed by atoms with E-state index in [0.717, 1.165) is 19.5 Å². The molecule has 2 saturated heterocycles. The molecule has 0 amide bonds. The number of hydrogen-bond donors (Lipinski definition) is 1. The highest BCUT2D eigenvalue weighted by Crippen LogP contribution is 2.30. The van der Waals surface area contributed by atoms with Crippen LogP contribution in [-0.2, 0) is 4.79 Å². The zero-order valence-corrected chi connectivity index (χ0v) is 10.8. The van der Waals surface area contributed by atoms with Gasteiger partial charge in [-0.1, -0.05) is 6.92 Å². The molecule has 2 aliphatic rings. The summed E-state index contributed by atoms with van der Waals surface area (Å²) in [6.07, 6.45) is 4.99. The Kier molecular flexibility index (Phi) is 4.40. The van der Waals surface area contributed by atoms with Crippen molar-refractivity contribution in [3.8, 4) is 0 Å². The van der Waals surface area contributed by atoms with E-state index in [-0.39, 0.29) is 0 Å². The van der Waals surface area contributed by atoms with Gasteiger partial charge in [-0.2, -0.15) is 0 Å². The first-order valence-corrected chi connectivity index (χ1v) is 6.90. The van der Waals surface area contributed by atoms with Gasteiger partial charge >= 0.3 is 5.97 Å². The second-order valence-corrected chi connectivity index (χ2v) is 5.30. The molecule has 17 heavy (non-hydrogen) atoms. The zero-order valence-electron chi connectivity index (χ0n) is 10.8. The zero-order chi connectivity index (χ0) is 12.3. The van der Waals surface area contributed by atoms with Crippen molar-refractivity contribution in [3.05, 3.63) is 0 Å². The van der Waals surface area contributed by atoms with E-state index >= 15 is 0 Å². The van der Waals surface area contributed by atoms with Gasteiger partial charge in [0.25, 0.3) is 0 Å². The summed E-state index contributed by atoms with van der Waals surface area (Å²) in [7, 11) is 0. The first-order valence-electron chi connectivity index (χ1n) is 6.90. The molecule has 0 spiro atoms. The van der Waals surface area contributed by atoms with Gasteiger partial charge in [0.05, 0.1) is 0 Å². The fourth-order valence-corrected chi connectivity index (χ4v) is 3.31. The average Bonchev–Trinajstić information content (AvgIpc) is 2.54. The van der Waals surface area contributed by atoms with Gasteiger partial charge in [0, 0.05) is 25.0 Å². The molecule has 1 N–H and O–H groups in total.